The molecule has 1 atom stereocenters. The molecule has 180 valence electrons. The zero-order valence-electron chi connectivity index (χ0n) is 18.5. The lowest BCUT2D eigenvalue weighted by Crippen LogP contribution is -2.46. The van der Waals surface area contributed by atoms with E-state index in [2.05, 4.69) is 9.82 Å². The van der Waals surface area contributed by atoms with Gasteiger partial charge in [0.05, 0.1) is 17.2 Å². The molecule has 8 nitrogen and oxygen atoms in total. The van der Waals surface area contributed by atoms with E-state index in [-0.39, 0.29) is 16.8 Å². The van der Waals surface area contributed by atoms with E-state index >= 15 is 0 Å². The molecule has 0 saturated carbocycles. The number of hydrazine groups is 1. The van der Waals surface area contributed by atoms with E-state index in [9.17, 15) is 13.2 Å². The molecule has 1 amide bonds. The number of hydrogen-bond acceptors (Lipinski definition) is 4. The van der Waals surface area contributed by atoms with E-state index in [1.54, 1.807) is 12.1 Å². The second-order valence-electron chi connectivity index (χ2n) is 7.66. The third kappa shape index (κ3) is 5.64. The molecule has 1 N–H and O–H groups in total. The number of rotatable bonds is 6. The lowest BCUT2D eigenvalue weighted by Gasteiger charge is -2.25. The topological polar surface area (TPSA) is 94.4 Å². The number of hydrazone groups is 1. The molecule has 35 heavy (non-hydrogen) atoms. The molecule has 0 fully saturated rings. The zero-order valence-corrected chi connectivity index (χ0v) is 20.9. The van der Waals surface area contributed by atoms with E-state index in [0.717, 1.165) is 11.1 Å². The number of carbonyl (C=O) groups is 1. The van der Waals surface area contributed by atoms with Crippen LogP contribution in [0.25, 0.3) is 0 Å². The predicted octanol–water partition coefficient (Wildman–Crippen LogP) is 4.13. The third-order valence-electron chi connectivity index (χ3n) is 5.35. The number of sulfonamides is 1. The van der Waals surface area contributed by atoms with Crippen molar-refractivity contribution in [3.63, 3.8) is 0 Å². The maximum atomic E-state index is 13.1. The molecule has 0 saturated heterocycles. The van der Waals surface area contributed by atoms with Gasteiger partial charge in [0.15, 0.2) is 0 Å². The highest BCUT2D eigenvalue weighted by Gasteiger charge is 2.34. The fourth-order valence-electron chi connectivity index (χ4n) is 3.64. The van der Waals surface area contributed by atoms with Gasteiger partial charge in [-0.25, -0.2) is 5.01 Å². The number of nitrogens with one attached hydrogen (secondary N) is 1. The third-order valence-corrected chi connectivity index (χ3v) is 7.12. The number of hydrogen-bond donors (Lipinski definition) is 1. The highest BCUT2D eigenvalue weighted by molar-refractivity contribution is 7.90. The van der Waals surface area contributed by atoms with Crippen molar-refractivity contribution in [1.29, 1.82) is 0 Å². The van der Waals surface area contributed by atoms with Crippen molar-refractivity contribution in [1.82, 2.24) is 15.4 Å². The summed E-state index contributed by atoms with van der Waals surface area (Å²) in [6.07, 6.45) is 0.430. The summed E-state index contributed by atoms with van der Waals surface area (Å²) in [5.41, 5.74) is 4.97. The van der Waals surface area contributed by atoms with Crippen LogP contribution in [-0.2, 0) is 14.8 Å². The number of carbonyl (C=O) groups excluding carboxylic acids is 1. The summed E-state index contributed by atoms with van der Waals surface area (Å²) in [5, 5.41) is 8.39. The quantitative estimate of drug-likeness (QED) is 0.224. The van der Waals surface area contributed by atoms with E-state index in [4.69, 9.17) is 28.3 Å². The molecule has 11 heteroatoms. The number of amides is 1. The molecule has 0 bridgehead atoms. The van der Waals surface area contributed by atoms with Crippen LogP contribution in [0.2, 0.25) is 10.0 Å². The Morgan fingerprint density at radius 3 is 2.23 bits per heavy atom. The van der Waals surface area contributed by atoms with Crippen molar-refractivity contribution >= 4 is 51.3 Å². The first kappa shape index (κ1) is 24.7. The molecule has 1 aliphatic heterocycles. The molecule has 4 rings (SSSR count). The van der Waals surface area contributed by atoms with Gasteiger partial charge in [-0.3, -0.25) is 15.2 Å². The first-order chi connectivity index (χ1) is 16.8. The Labute approximate surface area is 213 Å². The van der Waals surface area contributed by atoms with Crippen molar-refractivity contribution in [3.05, 3.63) is 100 Å². The van der Waals surface area contributed by atoms with Crippen LogP contribution in [0.15, 0.2) is 93.3 Å². The predicted molar refractivity (Wildman–Crippen MR) is 137 cm³/mol. The van der Waals surface area contributed by atoms with Gasteiger partial charge in [0.2, 0.25) is 6.41 Å². The standard InChI is InChI=1S/C24H21Cl2N5O3S/c1-30(27-16-32)24(29-35(33,34)21-13-11-20(26)12-14-21)31-15-22(17-5-3-2-4-6-17)23(28-31)18-7-9-19(25)10-8-18/h2-14,16,22H,15H2,1H3,(H,27,32)/b29-24+. The van der Waals surface area contributed by atoms with Crippen molar-refractivity contribution in [2.24, 2.45) is 9.50 Å². The van der Waals surface area contributed by atoms with Crippen LogP contribution < -0.4 is 5.43 Å². The average molecular weight is 530 g/mol. The normalized spacial score (nSPS) is 16.1. The van der Waals surface area contributed by atoms with Crippen LogP contribution in [0.4, 0.5) is 0 Å². The molecule has 0 radical (unpaired) electrons. The molecule has 3 aromatic rings. The zero-order chi connectivity index (χ0) is 25.0. The molecule has 0 aliphatic carbocycles. The summed E-state index contributed by atoms with van der Waals surface area (Å²) in [6.45, 7) is 0.293. The number of halogens is 2. The fourth-order valence-corrected chi connectivity index (χ4v) is 4.91. The van der Waals surface area contributed by atoms with Crippen molar-refractivity contribution in [2.75, 3.05) is 13.6 Å². The van der Waals surface area contributed by atoms with Crippen LogP contribution >= 0.6 is 23.2 Å². The van der Waals surface area contributed by atoms with Gasteiger partial charge in [-0.05, 0) is 47.5 Å². The van der Waals surface area contributed by atoms with Crippen molar-refractivity contribution in [2.45, 2.75) is 10.8 Å². The highest BCUT2D eigenvalue weighted by atomic mass is 35.5. The Balaban J connectivity index is 1.80. The minimum Gasteiger partial charge on any atom is -0.277 e. The van der Waals surface area contributed by atoms with Gasteiger partial charge in [-0.2, -0.15) is 13.5 Å². The highest BCUT2D eigenvalue weighted by Crippen LogP contribution is 2.30. The SMILES string of the molecule is CN(NC=O)/C(=N\S(=O)(=O)c1ccc(Cl)cc1)N1CC(c2ccccc2)C(c2ccc(Cl)cc2)=N1. The van der Waals surface area contributed by atoms with Crippen LogP contribution in [0.5, 0.6) is 0 Å². The van der Waals surface area contributed by atoms with Crippen LogP contribution in [0.3, 0.4) is 0 Å². The summed E-state index contributed by atoms with van der Waals surface area (Å²) >= 11 is 12.0. The summed E-state index contributed by atoms with van der Waals surface area (Å²) in [6, 6.07) is 22.7. The van der Waals surface area contributed by atoms with Gasteiger partial charge in [0.25, 0.3) is 16.0 Å². The minimum absolute atomic E-state index is 0.0420. The maximum absolute atomic E-state index is 13.1. The van der Waals surface area contributed by atoms with E-state index in [1.165, 1.54) is 41.3 Å². The Kier molecular flexibility index (Phi) is 7.39. The lowest BCUT2D eigenvalue weighted by molar-refractivity contribution is -0.112. The van der Waals surface area contributed by atoms with Crippen molar-refractivity contribution < 1.29 is 13.2 Å². The fraction of sp³-hybridized carbons (Fsp3) is 0.125. The molecule has 0 aromatic heterocycles. The van der Waals surface area contributed by atoms with Gasteiger partial charge < -0.3 is 0 Å². The minimum atomic E-state index is -4.14. The second-order valence-corrected chi connectivity index (χ2v) is 10.1. The summed E-state index contributed by atoms with van der Waals surface area (Å²) in [4.78, 5) is 11.1. The molecular formula is C24H21Cl2N5O3S. The number of benzene rings is 3. The molecule has 1 heterocycles. The van der Waals surface area contributed by atoms with Gasteiger partial charge in [-0.1, -0.05) is 65.7 Å². The monoisotopic (exact) mass is 529 g/mol. The van der Waals surface area contributed by atoms with Crippen LogP contribution in [0.1, 0.15) is 17.0 Å². The Morgan fingerprint density at radius 2 is 1.63 bits per heavy atom. The van der Waals surface area contributed by atoms with Crippen LogP contribution in [-0.4, -0.2) is 50.1 Å². The molecule has 0 spiro atoms. The molecule has 1 aliphatic rings. The number of guanidine groups is 1. The Bertz CT molecular complexity index is 1360. The summed E-state index contributed by atoms with van der Waals surface area (Å²) in [7, 11) is -2.66. The second kappa shape index (κ2) is 10.5. The van der Waals surface area contributed by atoms with E-state index in [0.29, 0.717) is 28.7 Å². The first-order valence-electron chi connectivity index (χ1n) is 10.5. The van der Waals surface area contributed by atoms with Crippen LogP contribution in [0, 0.1) is 0 Å². The maximum Gasteiger partial charge on any atom is 0.285 e. The lowest BCUT2D eigenvalue weighted by atomic mass is 9.91. The Morgan fingerprint density at radius 1 is 1.03 bits per heavy atom. The van der Waals surface area contributed by atoms with Gasteiger partial charge >= 0.3 is 0 Å². The summed E-state index contributed by atoms with van der Waals surface area (Å²) in [5.74, 6) is -0.262. The van der Waals surface area contributed by atoms with Gasteiger partial charge in [-0.15, -0.1) is 4.40 Å². The Hall–Kier alpha value is -3.40. The average Bonchev–Trinajstić information content (AvgIpc) is 3.29. The number of nitrogens with zero attached hydrogens (tertiary/aromatic N) is 4. The van der Waals surface area contributed by atoms with Crippen molar-refractivity contribution in [3.8, 4) is 0 Å². The smallest absolute Gasteiger partial charge is 0.277 e. The molecular weight excluding hydrogens is 509 g/mol. The van der Waals surface area contributed by atoms with Gasteiger partial charge in [0.1, 0.15) is 0 Å². The molecule has 1 unspecified atom stereocenters. The first-order valence-corrected chi connectivity index (χ1v) is 12.7. The van der Waals surface area contributed by atoms with E-state index in [1.807, 2.05) is 42.5 Å². The largest absolute Gasteiger partial charge is 0.285 e. The van der Waals surface area contributed by atoms with Gasteiger partial charge in [0, 0.05) is 23.0 Å². The molecule has 3 aromatic carbocycles. The summed E-state index contributed by atoms with van der Waals surface area (Å²) < 4.78 is 30.2. The van der Waals surface area contributed by atoms with E-state index < -0.39 is 10.0 Å².